The molecule has 1 atom stereocenters. The van der Waals surface area contributed by atoms with Gasteiger partial charge >= 0.3 is 0 Å². The average molecular weight is 277 g/mol. The second-order valence-electron chi connectivity index (χ2n) is 5.40. The van der Waals surface area contributed by atoms with Crippen molar-refractivity contribution in [3.8, 4) is 0 Å². The van der Waals surface area contributed by atoms with Crippen molar-refractivity contribution < 1.29 is 4.74 Å². The third kappa shape index (κ3) is 8.34. The Balaban J connectivity index is 1.94. The lowest BCUT2D eigenvalue weighted by atomic mass is 10.1. The van der Waals surface area contributed by atoms with Crippen LogP contribution in [0.1, 0.15) is 51.5 Å². The van der Waals surface area contributed by atoms with Gasteiger partial charge in [-0.1, -0.05) is 44.2 Å². The molecule has 1 aromatic rings. The fourth-order valence-corrected chi connectivity index (χ4v) is 2.36. The molecule has 0 bridgehead atoms. The number of rotatable bonds is 12. The number of aryl methyl sites for hydroxylation is 1. The highest BCUT2D eigenvalue weighted by Gasteiger charge is 2.03. The molecule has 0 amide bonds. The Morgan fingerprint density at radius 3 is 2.50 bits per heavy atom. The van der Waals surface area contributed by atoms with E-state index in [0.29, 0.717) is 6.04 Å². The molecule has 1 unspecified atom stereocenters. The summed E-state index contributed by atoms with van der Waals surface area (Å²) in [6.45, 7) is 7.40. The zero-order chi connectivity index (χ0) is 14.5. The Kier molecular flexibility index (Phi) is 10.3. The van der Waals surface area contributed by atoms with Crippen molar-refractivity contribution in [1.29, 1.82) is 0 Å². The van der Waals surface area contributed by atoms with Crippen LogP contribution in [-0.4, -0.2) is 25.8 Å². The van der Waals surface area contributed by atoms with Gasteiger partial charge in [0.2, 0.25) is 0 Å². The SMILES string of the molecule is CCCNC(CC)CCCOCCCc1ccccc1. The fraction of sp³-hybridized carbons (Fsp3) is 0.667. The minimum absolute atomic E-state index is 0.669. The first-order valence-corrected chi connectivity index (χ1v) is 8.21. The smallest absolute Gasteiger partial charge is 0.0469 e. The summed E-state index contributed by atoms with van der Waals surface area (Å²) in [6, 6.07) is 11.3. The van der Waals surface area contributed by atoms with Gasteiger partial charge in [0, 0.05) is 19.3 Å². The summed E-state index contributed by atoms with van der Waals surface area (Å²) in [5, 5.41) is 3.59. The molecule has 0 saturated heterocycles. The van der Waals surface area contributed by atoms with Crippen LogP contribution < -0.4 is 5.32 Å². The standard InChI is InChI=1S/C18H31NO/c1-3-14-19-18(4-2)13-9-16-20-15-8-12-17-10-6-5-7-11-17/h5-7,10-11,18-19H,3-4,8-9,12-16H2,1-2H3. The van der Waals surface area contributed by atoms with Crippen LogP contribution in [0.3, 0.4) is 0 Å². The highest BCUT2D eigenvalue weighted by Crippen LogP contribution is 2.04. The van der Waals surface area contributed by atoms with E-state index < -0.39 is 0 Å². The van der Waals surface area contributed by atoms with Crippen LogP contribution in [0.4, 0.5) is 0 Å². The van der Waals surface area contributed by atoms with Crippen molar-refractivity contribution in [2.75, 3.05) is 19.8 Å². The highest BCUT2D eigenvalue weighted by molar-refractivity contribution is 5.14. The summed E-state index contributed by atoms with van der Waals surface area (Å²) < 4.78 is 5.73. The van der Waals surface area contributed by atoms with Crippen LogP contribution in [0.2, 0.25) is 0 Å². The lowest BCUT2D eigenvalue weighted by molar-refractivity contribution is 0.125. The minimum Gasteiger partial charge on any atom is -0.381 e. The summed E-state index contributed by atoms with van der Waals surface area (Å²) >= 11 is 0. The van der Waals surface area contributed by atoms with E-state index in [-0.39, 0.29) is 0 Å². The predicted octanol–water partition coefficient (Wildman–Crippen LogP) is 4.19. The Morgan fingerprint density at radius 2 is 1.80 bits per heavy atom. The van der Waals surface area contributed by atoms with E-state index in [4.69, 9.17) is 4.74 Å². The summed E-state index contributed by atoms with van der Waals surface area (Å²) in [5.74, 6) is 0. The second-order valence-corrected chi connectivity index (χ2v) is 5.40. The molecule has 2 heteroatoms. The summed E-state index contributed by atoms with van der Waals surface area (Å²) in [4.78, 5) is 0. The van der Waals surface area contributed by atoms with Gasteiger partial charge in [-0.15, -0.1) is 0 Å². The van der Waals surface area contributed by atoms with Crippen molar-refractivity contribution >= 4 is 0 Å². The summed E-state index contributed by atoms with van der Waals surface area (Å²) in [6.07, 6.45) is 7.07. The second kappa shape index (κ2) is 11.9. The molecule has 1 aromatic carbocycles. The molecule has 0 fully saturated rings. The molecule has 20 heavy (non-hydrogen) atoms. The van der Waals surface area contributed by atoms with E-state index >= 15 is 0 Å². The van der Waals surface area contributed by atoms with Crippen LogP contribution in [0.25, 0.3) is 0 Å². The molecular weight excluding hydrogens is 246 g/mol. The molecule has 0 aliphatic carbocycles. The van der Waals surface area contributed by atoms with Crippen molar-refractivity contribution in [3.63, 3.8) is 0 Å². The van der Waals surface area contributed by atoms with Gasteiger partial charge in [0.1, 0.15) is 0 Å². The quantitative estimate of drug-likeness (QED) is 0.578. The van der Waals surface area contributed by atoms with Crippen molar-refractivity contribution in [2.24, 2.45) is 0 Å². The number of benzene rings is 1. The van der Waals surface area contributed by atoms with Crippen LogP contribution in [0.5, 0.6) is 0 Å². The Hall–Kier alpha value is -0.860. The molecule has 0 spiro atoms. The van der Waals surface area contributed by atoms with Crippen LogP contribution in [-0.2, 0) is 11.2 Å². The highest BCUT2D eigenvalue weighted by atomic mass is 16.5. The van der Waals surface area contributed by atoms with Crippen LogP contribution in [0, 0.1) is 0 Å². The molecule has 1 N–H and O–H groups in total. The normalized spacial score (nSPS) is 12.5. The van der Waals surface area contributed by atoms with Gasteiger partial charge in [0.15, 0.2) is 0 Å². The van der Waals surface area contributed by atoms with Crippen molar-refractivity contribution in [2.45, 2.75) is 58.4 Å². The number of hydrogen-bond donors (Lipinski definition) is 1. The van der Waals surface area contributed by atoms with Gasteiger partial charge in [-0.05, 0) is 50.6 Å². The Bertz CT molecular complexity index is 312. The minimum atomic E-state index is 0.669. The summed E-state index contributed by atoms with van der Waals surface area (Å²) in [5.41, 5.74) is 1.41. The van der Waals surface area contributed by atoms with Gasteiger partial charge in [0.25, 0.3) is 0 Å². The maximum absolute atomic E-state index is 5.73. The first kappa shape index (κ1) is 17.2. The van der Waals surface area contributed by atoms with Crippen molar-refractivity contribution in [1.82, 2.24) is 5.32 Å². The lowest BCUT2D eigenvalue weighted by Gasteiger charge is -2.16. The maximum atomic E-state index is 5.73. The molecule has 0 heterocycles. The predicted molar refractivity (Wildman–Crippen MR) is 87.2 cm³/mol. The monoisotopic (exact) mass is 277 g/mol. The van der Waals surface area contributed by atoms with Gasteiger partial charge in [0.05, 0.1) is 0 Å². The molecule has 0 radical (unpaired) electrons. The van der Waals surface area contributed by atoms with E-state index in [1.54, 1.807) is 0 Å². The van der Waals surface area contributed by atoms with Crippen molar-refractivity contribution in [3.05, 3.63) is 35.9 Å². The number of hydrogen-bond acceptors (Lipinski definition) is 2. The molecule has 0 aliphatic rings. The van der Waals surface area contributed by atoms with E-state index in [2.05, 4.69) is 49.5 Å². The topological polar surface area (TPSA) is 21.3 Å². The Labute approximate surface area is 124 Å². The van der Waals surface area contributed by atoms with Gasteiger partial charge in [-0.3, -0.25) is 0 Å². The molecular formula is C18H31NO. The molecule has 0 saturated carbocycles. The van der Waals surface area contributed by atoms with Gasteiger partial charge < -0.3 is 10.1 Å². The van der Waals surface area contributed by atoms with Crippen LogP contribution in [0.15, 0.2) is 30.3 Å². The molecule has 1 rings (SSSR count). The first-order chi connectivity index (χ1) is 9.86. The molecule has 0 aliphatic heterocycles. The molecule has 2 nitrogen and oxygen atoms in total. The molecule has 114 valence electrons. The van der Waals surface area contributed by atoms with E-state index in [9.17, 15) is 0 Å². The van der Waals surface area contributed by atoms with E-state index in [1.807, 2.05) is 0 Å². The number of nitrogens with one attached hydrogen (secondary N) is 1. The van der Waals surface area contributed by atoms with Gasteiger partial charge in [-0.25, -0.2) is 0 Å². The zero-order valence-corrected chi connectivity index (χ0v) is 13.2. The fourth-order valence-electron chi connectivity index (χ4n) is 2.36. The van der Waals surface area contributed by atoms with Crippen LogP contribution >= 0.6 is 0 Å². The summed E-state index contributed by atoms with van der Waals surface area (Å²) in [7, 11) is 0. The van der Waals surface area contributed by atoms with E-state index in [0.717, 1.165) is 32.6 Å². The number of ether oxygens (including phenoxy) is 1. The Morgan fingerprint density at radius 1 is 1.05 bits per heavy atom. The van der Waals surface area contributed by atoms with E-state index in [1.165, 1.54) is 31.2 Å². The molecule has 0 aromatic heterocycles. The largest absolute Gasteiger partial charge is 0.381 e. The van der Waals surface area contributed by atoms with Gasteiger partial charge in [-0.2, -0.15) is 0 Å². The lowest BCUT2D eigenvalue weighted by Crippen LogP contribution is -2.29. The maximum Gasteiger partial charge on any atom is 0.0469 e. The average Bonchev–Trinajstić information content (AvgIpc) is 2.50. The third-order valence-corrected chi connectivity index (χ3v) is 3.61. The first-order valence-electron chi connectivity index (χ1n) is 8.21. The zero-order valence-electron chi connectivity index (χ0n) is 13.2. The third-order valence-electron chi connectivity index (χ3n) is 3.61.